The van der Waals surface area contributed by atoms with E-state index >= 15 is 0 Å². The third-order valence-corrected chi connectivity index (χ3v) is 1.27. The SMILES string of the molecule is CN1[CH]C[CH]CC1. The van der Waals surface area contributed by atoms with Gasteiger partial charge in [-0.25, -0.2) is 0 Å². The molecule has 0 bridgehead atoms. The van der Waals surface area contributed by atoms with Crippen molar-refractivity contribution in [3.8, 4) is 0 Å². The van der Waals surface area contributed by atoms with E-state index in [4.69, 9.17) is 0 Å². The van der Waals surface area contributed by atoms with Crippen LogP contribution in [0.5, 0.6) is 0 Å². The largest absolute Gasteiger partial charge is 0.302 e. The fourth-order valence-electron chi connectivity index (χ4n) is 0.759. The van der Waals surface area contributed by atoms with Crippen LogP contribution < -0.4 is 0 Å². The quantitative estimate of drug-likeness (QED) is 0.437. The lowest BCUT2D eigenvalue weighted by atomic mass is 10.1. The Kier molecular flexibility index (Phi) is 1.69. The Morgan fingerprint density at radius 1 is 1.57 bits per heavy atom. The summed E-state index contributed by atoms with van der Waals surface area (Å²) < 4.78 is 0. The molecule has 0 aromatic rings. The molecule has 0 saturated carbocycles. The number of rotatable bonds is 0. The molecule has 0 aliphatic carbocycles. The number of nitrogens with zero attached hydrogens (tertiary/aromatic N) is 1. The van der Waals surface area contributed by atoms with Crippen molar-refractivity contribution in [2.45, 2.75) is 12.8 Å². The number of piperidine rings is 1. The predicted molar refractivity (Wildman–Crippen MR) is 30.5 cm³/mol. The van der Waals surface area contributed by atoms with Crippen molar-refractivity contribution in [1.29, 1.82) is 0 Å². The van der Waals surface area contributed by atoms with Crippen molar-refractivity contribution >= 4 is 0 Å². The summed E-state index contributed by atoms with van der Waals surface area (Å²) in [4.78, 5) is 2.24. The van der Waals surface area contributed by atoms with Crippen molar-refractivity contribution in [3.05, 3.63) is 13.0 Å². The molecule has 1 aliphatic heterocycles. The summed E-state index contributed by atoms with van der Waals surface area (Å²) in [6.45, 7) is 3.42. The molecule has 1 heteroatoms. The van der Waals surface area contributed by atoms with E-state index in [-0.39, 0.29) is 0 Å². The van der Waals surface area contributed by atoms with Gasteiger partial charge in [-0.1, -0.05) is 0 Å². The Balaban J connectivity index is 2.12. The highest BCUT2D eigenvalue weighted by Gasteiger charge is 2.03. The lowest BCUT2D eigenvalue weighted by Crippen LogP contribution is -2.20. The second-order valence-electron chi connectivity index (χ2n) is 1.98. The highest BCUT2D eigenvalue weighted by molar-refractivity contribution is 4.82. The van der Waals surface area contributed by atoms with Gasteiger partial charge in [-0.05, 0) is 32.9 Å². The van der Waals surface area contributed by atoms with Gasteiger partial charge in [0.1, 0.15) is 0 Å². The third kappa shape index (κ3) is 1.48. The third-order valence-electron chi connectivity index (χ3n) is 1.27. The smallest absolute Gasteiger partial charge is 0.0251 e. The topological polar surface area (TPSA) is 3.24 Å². The van der Waals surface area contributed by atoms with Gasteiger partial charge >= 0.3 is 0 Å². The highest BCUT2D eigenvalue weighted by Crippen LogP contribution is 2.07. The van der Waals surface area contributed by atoms with Crippen LogP contribution in [0.25, 0.3) is 0 Å². The average Bonchev–Trinajstić information content (AvgIpc) is 1.69. The molecular formula is C6H11N. The van der Waals surface area contributed by atoms with Crippen LogP contribution in [-0.2, 0) is 0 Å². The molecule has 1 heterocycles. The molecule has 40 valence electrons. The van der Waals surface area contributed by atoms with Gasteiger partial charge in [0.05, 0.1) is 0 Å². The zero-order valence-electron chi connectivity index (χ0n) is 4.72. The lowest BCUT2D eigenvalue weighted by molar-refractivity contribution is 0.371. The first kappa shape index (κ1) is 5.10. The zero-order valence-corrected chi connectivity index (χ0v) is 4.72. The minimum atomic E-state index is 1.16. The highest BCUT2D eigenvalue weighted by atomic mass is 15.1. The van der Waals surface area contributed by atoms with Gasteiger partial charge < -0.3 is 4.90 Å². The van der Waals surface area contributed by atoms with E-state index in [1.165, 1.54) is 13.0 Å². The normalized spacial score (nSPS) is 25.3. The van der Waals surface area contributed by atoms with E-state index in [1.807, 2.05) is 0 Å². The van der Waals surface area contributed by atoms with Gasteiger partial charge in [-0.3, -0.25) is 0 Å². The van der Waals surface area contributed by atoms with Crippen LogP contribution in [0.3, 0.4) is 0 Å². The molecule has 0 amide bonds. The van der Waals surface area contributed by atoms with Crippen LogP contribution in [-0.4, -0.2) is 18.5 Å². The molecule has 1 nitrogen and oxygen atoms in total. The molecule has 0 aromatic carbocycles. The summed E-state index contributed by atoms with van der Waals surface area (Å²) in [6, 6.07) is 0. The van der Waals surface area contributed by atoms with Gasteiger partial charge in [0.2, 0.25) is 0 Å². The fraction of sp³-hybridized carbons (Fsp3) is 0.667. The van der Waals surface area contributed by atoms with E-state index in [9.17, 15) is 0 Å². The Labute approximate surface area is 45.3 Å². The number of hydrogen-bond acceptors (Lipinski definition) is 1. The van der Waals surface area contributed by atoms with Gasteiger partial charge in [0.15, 0.2) is 0 Å². The van der Waals surface area contributed by atoms with Gasteiger partial charge in [-0.15, -0.1) is 0 Å². The molecule has 0 unspecified atom stereocenters. The molecule has 1 fully saturated rings. The number of hydrogen-bond donors (Lipinski definition) is 0. The van der Waals surface area contributed by atoms with Crippen LogP contribution in [0, 0.1) is 13.0 Å². The van der Waals surface area contributed by atoms with Gasteiger partial charge in [-0.2, -0.15) is 0 Å². The summed E-state index contributed by atoms with van der Waals surface area (Å²) in [7, 11) is 2.12. The Morgan fingerprint density at radius 2 is 2.43 bits per heavy atom. The lowest BCUT2D eigenvalue weighted by Gasteiger charge is -2.19. The molecule has 0 N–H and O–H groups in total. The van der Waals surface area contributed by atoms with Crippen molar-refractivity contribution in [1.82, 2.24) is 4.90 Å². The summed E-state index contributed by atoms with van der Waals surface area (Å²) in [6.07, 6.45) is 4.73. The maximum absolute atomic E-state index is 2.31. The predicted octanol–water partition coefficient (Wildman–Crippen LogP) is 1.08. The summed E-state index contributed by atoms with van der Waals surface area (Å²) >= 11 is 0. The molecule has 2 radical (unpaired) electrons. The van der Waals surface area contributed by atoms with E-state index in [1.54, 1.807) is 0 Å². The molecule has 0 atom stereocenters. The molecule has 0 spiro atoms. The zero-order chi connectivity index (χ0) is 5.11. The first-order chi connectivity index (χ1) is 3.39. The van der Waals surface area contributed by atoms with Crippen LogP contribution in [0.15, 0.2) is 0 Å². The maximum atomic E-state index is 2.31. The van der Waals surface area contributed by atoms with Crippen LogP contribution in [0.2, 0.25) is 0 Å². The van der Waals surface area contributed by atoms with Crippen molar-refractivity contribution in [2.24, 2.45) is 0 Å². The first-order valence-electron chi connectivity index (χ1n) is 2.75. The Morgan fingerprint density at radius 3 is 2.71 bits per heavy atom. The Hall–Kier alpha value is -0.0400. The standard InChI is InChI=1S/C6H11N/c1-7-5-3-2-4-6-7/h2,5H,3-4,6H2,1H3. The van der Waals surface area contributed by atoms with E-state index in [2.05, 4.69) is 24.9 Å². The van der Waals surface area contributed by atoms with E-state index in [0.717, 1.165) is 6.42 Å². The average molecular weight is 97.2 g/mol. The van der Waals surface area contributed by atoms with Crippen molar-refractivity contribution < 1.29 is 0 Å². The summed E-state index contributed by atoms with van der Waals surface area (Å²) in [5.41, 5.74) is 0. The molecule has 1 rings (SSSR count). The second-order valence-corrected chi connectivity index (χ2v) is 1.98. The minimum Gasteiger partial charge on any atom is -0.302 e. The monoisotopic (exact) mass is 97.1 g/mol. The maximum Gasteiger partial charge on any atom is 0.0251 e. The fourth-order valence-corrected chi connectivity index (χ4v) is 0.759. The second kappa shape index (κ2) is 2.31. The summed E-state index contributed by atoms with van der Waals surface area (Å²) in [5.74, 6) is 0. The first-order valence-corrected chi connectivity index (χ1v) is 2.75. The molecule has 0 aromatic heterocycles. The van der Waals surface area contributed by atoms with Crippen molar-refractivity contribution in [3.63, 3.8) is 0 Å². The van der Waals surface area contributed by atoms with E-state index in [0.29, 0.717) is 0 Å². The number of likely N-dealkylation sites (tertiary alicyclic amines) is 1. The molecule has 1 saturated heterocycles. The van der Waals surface area contributed by atoms with Crippen LogP contribution >= 0.6 is 0 Å². The van der Waals surface area contributed by atoms with E-state index < -0.39 is 0 Å². The minimum absolute atomic E-state index is 1.16. The molecule has 1 aliphatic rings. The van der Waals surface area contributed by atoms with Gasteiger partial charge in [0, 0.05) is 6.54 Å². The summed E-state index contributed by atoms with van der Waals surface area (Å²) in [5, 5.41) is 0. The van der Waals surface area contributed by atoms with Crippen LogP contribution in [0.1, 0.15) is 12.8 Å². The van der Waals surface area contributed by atoms with Gasteiger partial charge in [0.25, 0.3) is 0 Å². The van der Waals surface area contributed by atoms with Crippen LogP contribution in [0.4, 0.5) is 0 Å². The molecule has 7 heavy (non-hydrogen) atoms. The Bertz CT molecular complexity index is 46.1. The van der Waals surface area contributed by atoms with Crippen molar-refractivity contribution in [2.75, 3.05) is 13.6 Å². The molecular weight excluding hydrogens is 86.1 g/mol.